The topological polar surface area (TPSA) is 348 Å². The molecule has 0 bridgehead atoms. The molecule has 25 nitrogen and oxygen atoms in total. The smallest absolute Gasteiger partial charge is 0.245 e. The number of ether oxygens (including phenoxy) is 4. The number of primary amides is 1. The Labute approximate surface area is 629 Å². The van der Waals surface area contributed by atoms with Crippen LogP contribution in [0.3, 0.4) is 0 Å². The van der Waals surface area contributed by atoms with Crippen LogP contribution in [0.25, 0.3) is 0 Å². The van der Waals surface area contributed by atoms with Crippen LogP contribution in [-0.4, -0.2) is 216 Å². The van der Waals surface area contributed by atoms with Gasteiger partial charge >= 0.3 is 0 Å². The Hall–Kier alpha value is -5.49. The van der Waals surface area contributed by atoms with Crippen LogP contribution in [0.4, 0.5) is 0 Å². The highest BCUT2D eigenvalue weighted by Gasteiger charge is 2.33. The molecular weight excluding hydrogens is 1370 g/mol. The molecule has 0 radical (unpaired) electrons. The van der Waals surface area contributed by atoms with Crippen molar-refractivity contribution < 1.29 is 67.2 Å². The second-order valence-corrected chi connectivity index (χ2v) is 30.0. The zero-order chi connectivity index (χ0) is 75.5. The minimum atomic E-state index is -1.39. The molecule has 0 spiro atoms. The van der Waals surface area contributed by atoms with E-state index in [4.69, 9.17) is 24.7 Å². The van der Waals surface area contributed by atoms with Gasteiger partial charge in [-0.1, -0.05) is 180 Å². The minimum Gasteiger partial charge on any atom is -0.379 e. The van der Waals surface area contributed by atoms with Crippen molar-refractivity contribution in [3.63, 3.8) is 0 Å². The predicted octanol–water partition coefficient (Wildman–Crippen LogP) is 7.32. The number of hydrogen-bond acceptors (Lipinski definition) is 19. The molecule has 2 aliphatic rings. The highest BCUT2D eigenvalue weighted by molar-refractivity contribution is 8.76. The van der Waals surface area contributed by atoms with Gasteiger partial charge in [0.2, 0.25) is 47.3 Å². The van der Waals surface area contributed by atoms with Crippen LogP contribution in [0.15, 0.2) is 55.1 Å². The number of nitrogens with zero attached hydrogens (tertiary/aromatic N) is 1. The summed E-state index contributed by atoms with van der Waals surface area (Å²) < 4.78 is 22.1. The van der Waals surface area contributed by atoms with Gasteiger partial charge in [0.15, 0.2) is 5.78 Å². The number of morpholine rings is 1. The van der Waals surface area contributed by atoms with Crippen molar-refractivity contribution in [2.24, 2.45) is 11.7 Å². The number of rotatable bonds is 54. The summed E-state index contributed by atoms with van der Waals surface area (Å²) in [6.07, 6.45) is 26.8. The van der Waals surface area contributed by atoms with Crippen LogP contribution in [0, 0.1) is 5.92 Å². The summed E-state index contributed by atoms with van der Waals surface area (Å²) in [4.78, 5) is 121. The lowest BCUT2D eigenvalue weighted by Crippen LogP contribution is -2.59. The Morgan fingerprint density at radius 1 is 0.606 bits per heavy atom. The van der Waals surface area contributed by atoms with Gasteiger partial charge in [-0.2, -0.15) is 0 Å². The fourth-order valence-electron chi connectivity index (χ4n) is 12.2. The van der Waals surface area contributed by atoms with Gasteiger partial charge in [0, 0.05) is 95.7 Å². The maximum Gasteiger partial charge on any atom is 0.245 e. The number of unbranched alkanes of at least 4 members (excludes halogenated alkanes) is 18. The number of carbonyl (C=O) groups excluding carboxylic acids is 9. The number of hydrogen-bond donors (Lipinski definition) is 11. The highest BCUT2D eigenvalue weighted by atomic mass is 33.1. The van der Waals surface area contributed by atoms with Crippen molar-refractivity contribution in [1.29, 1.82) is 0 Å². The lowest BCUT2D eigenvalue weighted by molar-refractivity contribution is -0.131. The van der Waals surface area contributed by atoms with Gasteiger partial charge in [-0.05, 0) is 95.6 Å². The molecule has 0 aliphatic carbocycles. The summed E-state index contributed by atoms with van der Waals surface area (Å²) in [6, 6.07) is 5.19. The normalized spacial score (nSPS) is 19.9. The van der Waals surface area contributed by atoms with Gasteiger partial charge in [0.1, 0.15) is 31.5 Å². The van der Waals surface area contributed by atoms with E-state index in [0.29, 0.717) is 130 Å². The summed E-state index contributed by atoms with van der Waals surface area (Å²) in [7, 11) is 2.65. The summed E-state index contributed by atoms with van der Waals surface area (Å²) in [6.45, 7) is 16.9. The molecule has 2 fully saturated rings. The maximum absolute atomic E-state index is 14.3. The van der Waals surface area contributed by atoms with E-state index >= 15 is 0 Å². The van der Waals surface area contributed by atoms with E-state index in [0.717, 1.165) is 56.1 Å². The van der Waals surface area contributed by atoms with E-state index in [1.54, 1.807) is 0 Å². The first-order valence-electron chi connectivity index (χ1n) is 39.1. The third kappa shape index (κ3) is 47.9. The molecule has 2 saturated heterocycles. The average molecular weight is 1500 g/mol. The number of allylic oxidation sites excluding steroid dienone is 2. The van der Waals surface area contributed by atoms with Crippen LogP contribution in [0.5, 0.6) is 0 Å². The zero-order valence-electron chi connectivity index (χ0n) is 63.2. The van der Waals surface area contributed by atoms with E-state index < -0.39 is 66.0 Å². The highest BCUT2D eigenvalue weighted by Crippen LogP contribution is 2.27. The monoisotopic (exact) mass is 1500 g/mol. The molecule has 2 unspecified atom stereocenters. The van der Waals surface area contributed by atoms with Crippen molar-refractivity contribution >= 4 is 74.6 Å². The number of benzene rings is 1. The second kappa shape index (κ2) is 61.5. The molecule has 0 saturated carbocycles. The Morgan fingerprint density at radius 3 is 1.74 bits per heavy atom. The summed E-state index contributed by atoms with van der Waals surface area (Å²) in [5.41, 5.74) is 7.88. The standard InChI is InChI=1S/C77H133N11O14S2/c1-5-33-64-76(97)87-65(75(96)84-63(52-61-35-24-20-25-36-61)54-71(92)85-66(55-88-44-48-100-49-45-88)68(89)53-62(74(78)95)58-103-104-59-67(79-7-3)77(98)86-64)37-28-31-42-82-72(93)56-101-46-32-22-30-41-81-73(94)57-102-51-50-99-47-43-83-70(91)39-27-21-29-40-80-69(90)38-26-19-17-15-13-11-9-8-10-12-14-16-18-23-34-60(4)6-2/h6,20,24-25,35-36,62-67,75,79,84,96H,2,4-5,7-19,21-23,26-34,37-59H2,1,3H3,(H2,78,95)(H,80,90)(H,81,94)(H,82,93)(H,83,91)(H,85,92)(H,86,98)(H,87,97)/t62-,63-,64-,65?,66-,67-,75?/m0/s1. The van der Waals surface area contributed by atoms with Crippen LogP contribution >= 0.6 is 21.6 Å². The number of aliphatic hydroxyl groups is 1. The average Bonchev–Trinajstić information content (AvgIpc) is 1.17. The number of nitrogens with one attached hydrogen (secondary N) is 9. The molecule has 27 heteroatoms. The van der Waals surface area contributed by atoms with Gasteiger partial charge < -0.3 is 72.3 Å². The molecule has 1 aromatic rings. The van der Waals surface area contributed by atoms with Gasteiger partial charge in [-0.15, -0.1) is 0 Å². The molecule has 1 aromatic carbocycles. The van der Waals surface area contributed by atoms with E-state index in [1.165, 1.54) is 98.6 Å². The third-order valence-electron chi connectivity index (χ3n) is 18.4. The molecule has 0 aromatic heterocycles. The number of amides is 8. The maximum atomic E-state index is 14.3. The van der Waals surface area contributed by atoms with Crippen LogP contribution < -0.4 is 53.6 Å². The Bertz CT molecular complexity index is 2560. The number of nitrogens with two attached hydrogens (primary N) is 1. The second-order valence-electron chi connectivity index (χ2n) is 27.4. The first-order chi connectivity index (χ1) is 50.5. The molecule has 7 atom stereocenters. The van der Waals surface area contributed by atoms with Crippen LogP contribution in [0.2, 0.25) is 0 Å². The predicted molar refractivity (Wildman–Crippen MR) is 414 cm³/mol. The van der Waals surface area contributed by atoms with E-state index in [2.05, 4.69) is 61.0 Å². The lowest BCUT2D eigenvalue weighted by atomic mass is 9.98. The van der Waals surface area contributed by atoms with Gasteiger partial charge in [0.25, 0.3) is 0 Å². The molecule has 2 aliphatic heterocycles. The van der Waals surface area contributed by atoms with E-state index in [9.17, 15) is 48.3 Å². The number of likely N-dealkylation sites (N-methyl/N-ethyl adjacent to an activating group) is 1. The third-order valence-corrected chi connectivity index (χ3v) is 20.8. The van der Waals surface area contributed by atoms with E-state index in [1.807, 2.05) is 55.2 Å². The summed E-state index contributed by atoms with van der Waals surface area (Å²) in [5.74, 6) is -3.19. The SMILES string of the molecule is C=CC(=C)CCCCCCCCCCCCCCCCC(=O)NCCCCCC(=O)NCCOCCOCC(=O)NCCCCCOCC(=O)NCCCCC1NC(=O)[C@H](CCC)NC(=O)[C@@H](NCC)CSSC[C@@H](C(N)=O)CC(=O)[C@H](CN2CCOCC2)NC(=O)C[C@H](Cc2ccccc2)NC1O. The van der Waals surface area contributed by atoms with Crippen molar-refractivity contribution in [3.8, 4) is 0 Å². The summed E-state index contributed by atoms with van der Waals surface area (Å²) in [5, 5.41) is 39.0. The molecular formula is C77H133N11O14S2. The minimum absolute atomic E-state index is 0.0354. The number of aliphatic hydroxyl groups excluding tert-OH is 1. The largest absolute Gasteiger partial charge is 0.379 e. The van der Waals surface area contributed by atoms with Crippen molar-refractivity contribution in [1.82, 2.24) is 52.8 Å². The fraction of sp³-hybridized carbons (Fsp3) is 0.753. The van der Waals surface area contributed by atoms with Crippen molar-refractivity contribution in [3.05, 3.63) is 60.7 Å². The number of Topliss-reactive ketones (excluding diaryl/α,β-unsaturated/α-hetero) is 1. The summed E-state index contributed by atoms with van der Waals surface area (Å²) >= 11 is 0. The Kier molecular flexibility index (Phi) is 54.8. The van der Waals surface area contributed by atoms with E-state index in [-0.39, 0.29) is 93.2 Å². The fourth-order valence-corrected chi connectivity index (χ4v) is 14.7. The van der Waals surface area contributed by atoms with Gasteiger partial charge in [0.05, 0.1) is 51.0 Å². The van der Waals surface area contributed by atoms with Gasteiger partial charge in [-0.25, -0.2) is 0 Å². The van der Waals surface area contributed by atoms with Crippen molar-refractivity contribution in [2.45, 2.75) is 249 Å². The van der Waals surface area contributed by atoms with Gasteiger partial charge in [-0.3, -0.25) is 53.4 Å². The Morgan fingerprint density at radius 2 is 1.14 bits per heavy atom. The molecule has 2 heterocycles. The van der Waals surface area contributed by atoms with Crippen LogP contribution in [-0.2, 0) is 68.5 Å². The zero-order valence-corrected chi connectivity index (χ0v) is 64.8. The Balaban J connectivity index is 1.29. The van der Waals surface area contributed by atoms with Crippen molar-refractivity contribution in [2.75, 3.05) is 117 Å². The molecule has 3 rings (SSSR count). The molecule has 8 amide bonds. The lowest BCUT2D eigenvalue weighted by Gasteiger charge is -2.32. The molecule has 592 valence electrons. The quantitative estimate of drug-likeness (QED) is 0.0173. The molecule has 104 heavy (non-hydrogen) atoms. The molecule has 12 N–H and O–H groups in total. The van der Waals surface area contributed by atoms with Crippen LogP contribution in [0.1, 0.15) is 212 Å². The first kappa shape index (κ1) is 92.7. The number of ketones is 1. The first-order valence-corrected chi connectivity index (χ1v) is 41.6. The number of carbonyl (C=O) groups is 9.